The first kappa shape index (κ1) is 16.1. The van der Waals surface area contributed by atoms with Crippen LogP contribution in [-0.4, -0.2) is 26.1 Å². The van der Waals surface area contributed by atoms with Crippen molar-refractivity contribution in [3.8, 4) is 0 Å². The van der Waals surface area contributed by atoms with Crippen LogP contribution < -0.4 is 10.6 Å². The third-order valence-corrected chi connectivity index (χ3v) is 3.99. The van der Waals surface area contributed by atoms with Gasteiger partial charge in [-0.1, -0.05) is 42.5 Å². The van der Waals surface area contributed by atoms with Crippen molar-refractivity contribution < 1.29 is 4.42 Å². The predicted octanol–water partition coefficient (Wildman–Crippen LogP) is 3.38. The Morgan fingerprint density at radius 2 is 1.71 bits per heavy atom. The highest BCUT2D eigenvalue weighted by Crippen LogP contribution is 2.15. The van der Waals surface area contributed by atoms with Gasteiger partial charge in [0.05, 0.1) is 6.26 Å². The van der Waals surface area contributed by atoms with Gasteiger partial charge in [-0.2, -0.15) is 0 Å². The van der Waals surface area contributed by atoms with Gasteiger partial charge in [-0.15, -0.1) is 0 Å². The summed E-state index contributed by atoms with van der Waals surface area (Å²) in [4.78, 5) is 4.25. The Bertz CT molecular complexity index is 794. The number of furan rings is 1. The molecule has 0 saturated carbocycles. The van der Waals surface area contributed by atoms with Gasteiger partial charge in [0, 0.05) is 26.6 Å². The summed E-state index contributed by atoms with van der Waals surface area (Å²) < 4.78 is 5.32. The zero-order chi connectivity index (χ0) is 16.6. The third kappa shape index (κ3) is 4.38. The number of fused-ring (bicyclic) bond motifs is 1. The molecule has 3 aromatic rings. The molecule has 3 rings (SSSR count). The van der Waals surface area contributed by atoms with E-state index in [9.17, 15) is 0 Å². The number of nitrogens with zero attached hydrogens (tertiary/aromatic N) is 1. The lowest BCUT2D eigenvalue weighted by molar-refractivity contribution is 0.507. The largest absolute Gasteiger partial charge is 0.469 e. The third-order valence-electron chi connectivity index (χ3n) is 3.99. The lowest BCUT2D eigenvalue weighted by Gasteiger charge is -2.11. The average molecular weight is 321 g/mol. The fraction of sp³-hybridized carbons (Fsp3) is 0.250. The number of benzene rings is 2. The molecular formula is C20H23N3O. The van der Waals surface area contributed by atoms with Crippen molar-refractivity contribution in [1.29, 1.82) is 0 Å². The zero-order valence-electron chi connectivity index (χ0n) is 14.0. The molecule has 0 fully saturated rings. The van der Waals surface area contributed by atoms with E-state index in [4.69, 9.17) is 4.42 Å². The number of rotatable bonds is 6. The monoisotopic (exact) mass is 321 g/mol. The van der Waals surface area contributed by atoms with E-state index >= 15 is 0 Å². The first-order chi connectivity index (χ1) is 11.8. The minimum Gasteiger partial charge on any atom is -0.469 e. The molecule has 4 nitrogen and oxygen atoms in total. The summed E-state index contributed by atoms with van der Waals surface area (Å²) in [6.45, 7) is 1.64. The van der Waals surface area contributed by atoms with E-state index in [1.807, 2.05) is 12.1 Å². The number of nitrogens with one attached hydrogen (secondary N) is 2. The van der Waals surface area contributed by atoms with Gasteiger partial charge in [-0.3, -0.25) is 4.99 Å². The van der Waals surface area contributed by atoms with Crippen LogP contribution in [0.3, 0.4) is 0 Å². The summed E-state index contributed by atoms with van der Waals surface area (Å²) >= 11 is 0. The van der Waals surface area contributed by atoms with E-state index in [2.05, 4.69) is 58.1 Å². The Kier molecular flexibility index (Phi) is 5.51. The van der Waals surface area contributed by atoms with E-state index in [0.29, 0.717) is 0 Å². The number of hydrogen-bond acceptors (Lipinski definition) is 2. The fourth-order valence-electron chi connectivity index (χ4n) is 2.70. The van der Waals surface area contributed by atoms with Gasteiger partial charge in [0.1, 0.15) is 5.76 Å². The van der Waals surface area contributed by atoms with Crippen molar-refractivity contribution in [3.63, 3.8) is 0 Å². The molecule has 2 N–H and O–H groups in total. The second-order valence-electron chi connectivity index (χ2n) is 5.69. The fourth-order valence-corrected chi connectivity index (χ4v) is 2.70. The first-order valence-corrected chi connectivity index (χ1v) is 8.30. The minimum atomic E-state index is 0.795. The summed E-state index contributed by atoms with van der Waals surface area (Å²) in [5.41, 5.74) is 1.33. The normalized spacial score (nSPS) is 11.6. The Hall–Kier alpha value is -2.75. The van der Waals surface area contributed by atoms with E-state index < -0.39 is 0 Å². The Labute approximate surface area is 142 Å². The smallest absolute Gasteiger partial charge is 0.191 e. The van der Waals surface area contributed by atoms with E-state index in [1.165, 1.54) is 16.3 Å². The molecule has 124 valence electrons. The van der Waals surface area contributed by atoms with Gasteiger partial charge >= 0.3 is 0 Å². The number of guanidine groups is 1. The van der Waals surface area contributed by atoms with Crippen LogP contribution in [0.4, 0.5) is 0 Å². The van der Waals surface area contributed by atoms with E-state index in [-0.39, 0.29) is 0 Å². The van der Waals surface area contributed by atoms with Gasteiger partial charge in [-0.05, 0) is 34.9 Å². The van der Waals surface area contributed by atoms with E-state index in [1.54, 1.807) is 13.3 Å². The molecule has 0 aliphatic rings. The second-order valence-corrected chi connectivity index (χ2v) is 5.69. The topological polar surface area (TPSA) is 49.6 Å². The summed E-state index contributed by atoms with van der Waals surface area (Å²) in [5, 5.41) is 9.23. The van der Waals surface area contributed by atoms with Crippen LogP contribution in [0.2, 0.25) is 0 Å². The minimum absolute atomic E-state index is 0.795. The van der Waals surface area contributed by atoms with Gasteiger partial charge in [0.2, 0.25) is 0 Å². The standard InChI is InChI=1S/C20H23N3O/c1-21-20(23-13-11-19-7-4-14-24-19)22-12-10-16-8-9-17-5-2-3-6-18(17)15-16/h2-9,14-15H,10-13H2,1H3,(H2,21,22,23). The van der Waals surface area contributed by atoms with Crippen molar-refractivity contribution in [1.82, 2.24) is 10.6 Å². The highest BCUT2D eigenvalue weighted by molar-refractivity contribution is 5.83. The molecule has 0 unspecified atom stereocenters. The van der Waals surface area contributed by atoms with Crippen molar-refractivity contribution >= 4 is 16.7 Å². The molecule has 4 heteroatoms. The van der Waals surface area contributed by atoms with Crippen LogP contribution in [0.1, 0.15) is 11.3 Å². The molecule has 24 heavy (non-hydrogen) atoms. The summed E-state index contributed by atoms with van der Waals surface area (Å²) in [5.74, 6) is 1.80. The molecule has 1 heterocycles. The summed E-state index contributed by atoms with van der Waals surface area (Å²) in [6, 6.07) is 19.0. The van der Waals surface area contributed by atoms with Crippen molar-refractivity contribution in [2.75, 3.05) is 20.1 Å². The molecule has 0 saturated heterocycles. The Morgan fingerprint density at radius 3 is 2.46 bits per heavy atom. The maximum atomic E-state index is 5.32. The number of hydrogen-bond donors (Lipinski definition) is 2. The molecule has 0 amide bonds. The van der Waals surface area contributed by atoms with Gasteiger partial charge in [-0.25, -0.2) is 0 Å². The van der Waals surface area contributed by atoms with Gasteiger partial charge in [0.15, 0.2) is 5.96 Å². The SMILES string of the molecule is CN=C(NCCc1ccc2ccccc2c1)NCCc1ccco1. The molecule has 0 spiro atoms. The molecule has 0 bridgehead atoms. The molecule has 0 aliphatic carbocycles. The molecule has 0 atom stereocenters. The maximum Gasteiger partial charge on any atom is 0.191 e. The highest BCUT2D eigenvalue weighted by atomic mass is 16.3. The zero-order valence-corrected chi connectivity index (χ0v) is 14.0. The van der Waals surface area contributed by atoms with Crippen LogP contribution in [0.15, 0.2) is 70.3 Å². The molecule has 2 aromatic carbocycles. The van der Waals surface area contributed by atoms with Crippen LogP contribution in [0.25, 0.3) is 10.8 Å². The second kappa shape index (κ2) is 8.20. The van der Waals surface area contributed by atoms with Crippen molar-refractivity contribution in [2.24, 2.45) is 4.99 Å². The molecular weight excluding hydrogens is 298 g/mol. The van der Waals surface area contributed by atoms with Crippen LogP contribution in [0.5, 0.6) is 0 Å². The predicted molar refractivity (Wildman–Crippen MR) is 99.4 cm³/mol. The first-order valence-electron chi connectivity index (χ1n) is 8.30. The molecule has 0 radical (unpaired) electrons. The lowest BCUT2D eigenvalue weighted by Crippen LogP contribution is -2.39. The van der Waals surface area contributed by atoms with Crippen LogP contribution >= 0.6 is 0 Å². The highest BCUT2D eigenvalue weighted by Gasteiger charge is 2.00. The average Bonchev–Trinajstić information content (AvgIpc) is 3.13. The van der Waals surface area contributed by atoms with Gasteiger partial charge in [0.25, 0.3) is 0 Å². The van der Waals surface area contributed by atoms with Crippen molar-refractivity contribution in [2.45, 2.75) is 12.8 Å². The summed E-state index contributed by atoms with van der Waals surface area (Å²) in [6.07, 6.45) is 3.51. The Morgan fingerprint density at radius 1 is 0.917 bits per heavy atom. The van der Waals surface area contributed by atoms with Crippen LogP contribution in [-0.2, 0) is 12.8 Å². The Balaban J connectivity index is 1.45. The van der Waals surface area contributed by atoms with E-state index in [0.717, 1.165) is 37.7 Å². The maximum absolute atomic E-state index is 5.32. The summed E-state index contributed by atoms with van der Waals surface area (Å²) in [7, 11) is 1.79. The molecule has 0 aliphatic heterocycles. The molecule has 1 aromatic heterocycles. The lowest BCUT2D eigenvalue weighted by atomic mass is 10.1. The van der Waals surface area contributed by atoms with Crippen molar-refractivity contribution in [3.05, 3.63) is 72.2 Å². The number of aliphatic imine (C=N–C) groups is 1. The van der Waals surface area contributed by atoms with Crippen LogP contribution in [0, 0.1) is 0 Å². The van der Waals surface area contributed by atoms with Gasteiger partial charge < -0.3 is 15.1 Å². The quantitative estimate of drug-likeness (QED) is 0.540.